The number of carbonyl (C=O) groups is 1. The predicted octanol–water partition coefficient (Wildman–Crippen LogP) is 5.25. The third-order valence-corrected chi connectivity index (χ3v) is 6.02. The number of benzene rings is 1. The molecular weight excluding hydrogens is 423 g/mol. The first kappa shape index (κ1) is 22.0. The minimum absolute atomic E-state index is 0.318. The van der Waals surface area contributed by atoms with E-state index >= 15 is 0 Å². The Labute approximate surface area is 183 Å². The zero-order chi connectivity index (χ0) is 22.9. The van der Waals surface area contributed by atoms with Crippen LogP contribution in [0, 0.1) is 5.92 Å². The number of halogens is 3. The normalized spacial score (nSPS) is 19.2. The molecule has 1 amide bonds. The Morgan fingerprint density at radius 2 is 1.97 bits per heavy atom. The van der Waals surface area contributed by atoms with Crippen molar-refractivity contribution in [3.63, 3.8) is 0 Å². The largest absolute Gasteiger partial charge is 0.494 e. The van der Waals surface area contributed by atoms with Gasteiger partial charge in [-0.2, -0.15) is 18.3 Å². The van der Waals surface area contributed by atoms with Crippen LogP contribution in [0.2, 0.25) is 0 Å². The van der Waals surface area contributed by atoms with Crippen molar-refractivity contribution in [3.8, 4) is 5.75 Å². The second-order valence-corrected chi connectivity index (χ2v) is 8.04. The van der Waals surface area contributed by atoms with E-state index in [1.54, 1.807) is 12.1 Å². The molecular formula is C22H24F3N5O2. The second kappa shape index (κ2) is 8.76. The van der Waals surface area contributed by atoms with E-state index in [1.165, 1.54) is 26.4 Å². The van der Waals surface area contributed by atoms with Gasteiger partial charge in [0.1, 0.15) is 11.4 Å². The van der Waals surface area contributed by atoms with Gasteiger partial charge < -0.3 is 10.1 Å². The average Bonchev–Trinajstić information content (AvgIpc) is 3.21. The molecule has 3 aromatic rings. The first-order valence-corrected chi connectivity index (χ1v) is 10.6. The van der Waals surface area contributed by atoms with Gasteiger partial charge >= 0.3 is 6.18 Å². The Kier molecular flexibility index (Phi) is 6.03. The fraction of sp³-hybridized carbons (Fsp3) is 0.455. The van der Waals surface area contributed by atoms with Gasteiger partial charge in [-0.05, 0) is 37.7 Å². The standard InChI is InChI=1S/C22H24F3N5O2/c1-3-13-4-6-15(7-5-13)30-12-14-8-17(19(32-2)9-16(14)29-30)28-21(31)18-10-26-11-20(27-18)22(23,24)25/h8-13,15H,3-7H2,1-2H3,(H,28,31). The maximum atomic E-state index is 12.9. The molecule has 0 saturated heterocycles. The van der Waals surface area contributed by atoms with Crippen molar-refractivity contribution in [3.05, 3.63) is 42.1 Å². The van der Waals surface area contributed by atoms with Gasteiger partial charge in [-0.3, -0.25) is 14.5 Å². The van der Waals surface area contributed by atoms with Crippen molar-refractivity contribution >= 4 is 22.5 Å². The number of nitrogens with one attached hydrogen (secondary N) is 1. The molecule has 0 aliphatic heterocycles. The molecule has 0 bridgehead atoms. The molecule has 2 heterocycles. The molecule has 4 rings (SSSR count). The van der Waals surface area contributed by atoms with Crippen LogP contribution >= 0.6 is 0 Å². The summed E-state index contributed by atoms with van der Waals surface area (Å²) in [6, 6.07) is 3.74. The van der Waals surface area contributed by atoms with Gasteiger partial charge in [0.2, 0.25) is 0 Å². The first-order chi connectivity index (χ1) is 15.3. The summed E-state index contributed by atoms with van der Waals surface area (Å²) >= 11 is 0. The zero-order valence-corrected chi connectivity index (χ0v) is 17.8. The van der Waals surface area contributed by atoms with Crippen molar-refractivity contribution in [2.75, 3.05) is 12.4 Å². The molecule has 1 saturated carbocycles. The number of methoxy groups -OCH3 is 1. The Hall–Kier alpha value is -3.17. The minimum atomic E-state index is -4.69. The van der Waals surface area contributed by atoms with E-state index < -0.39 is 23.5 Å². The molecule has 0 spiro atoms. The lowest BCUT2D eigenvalue weighted by molar-refractivity contribution is -0.141. The molecule has 32 heavy (non-hydrogen) atoms. The number of rotatable bonds is 5. The summed E-state index contributed by atoms with van der Waals surface area (Å²) in [5.74, 6) is 0.314. The number of ether oxygens (including phenoxy) is 1. The third-order valence-electron chi connectivity index (χ3n) is 6.02. The lowest BCUT2D eigenvalue weighted by Gasteiger charge is -2.27. The van der Waals surface area contributed by atoms with Crippen molar-refractivity contribution in [1.29, 1.82) is 0 Å². The maximum Gasteiger partial charge on any atom is 0.434 e. The summed E-state index contributed by atoms with van der Waals surface area (Å²) in [6.07, 6.45) is 4.51. The molecule has 1 aromatic carbocycles. The molecule has 2 aromatic heterocycles. The van der Waals surface area contributed by atoms with Gasteiger partial charge in [0.05, 0.1) is 36.7 Å². The van der Waals surface area contributed by atoms with Crippen LogP contribution in [-0.4, -0.2) is 32.8 Å². The van der Waals surface area contributed by atoms with Crippen LogP contribution in [0.15, 0.2) is 30.7 Å². The van der Waals surface area contributed by atoms with Gasteiger partial charge in [-0.15, -0.1) is 0 Å². The lowest BCUT2D eigenvalue weighted by Crippen LogP contribution is -2.18. The van der Waals surface area contributed by atoms with Gasteiger partial charge in [-0.1, -0.05) is 13.3 Å². The van der Waals surface area contributed by atoms with E-state index in [0.29, 0.717) is 23.7 Å². The Balaban J connectivity index is 1.58. The van der Waals surface area contributed by atoms with Crippen LogP contribution in [-0.2, 0) is 6.18 Å². The Bertz CT molecular complexity index is 1120. The van der Waals surface area contributed by atoms with Crippen molar-refractivity contribution in [1.82, 2.24) is 19.7 Å². The minimum Gasteiger partial charge on any atom is -0.494 e. The van der Waals surface area contributed by atoms with E-state index in [9.17, 15) is 18.0 Å². The van der Waals surface area contributed by atoms with E-state index in [1.807, 2.05) is 10.9 Å². The molecule has 170 valence electrons. The molecule has 0 radical (unpaired) electrons. The average molecular weight is 447 g/mol. The van der Waals surface area contributed by atoms with E-state index in [4.69, 9.17) is 4.74 Å². The number of fused-ring (bicyclic) bond motifs is 1. The summed E-state index contributed by atoms with van der Waals surface area (Å²) in [6.45, 7) is 2.22. The summed E-state index contributed by atoms with van der Waals surface area (Å²) in [5.41, 5.74) is -0.633. The molecule has 1 aliphatic rings. The van der Waals surface area contributed by atoms with Crippen LogP contribution in [0.25, 0.3) is 10.9 Å². The SMILES string of the molecule is CCC1CCC(n2cc3cc(NC(=O)c4cncc(C(F)(F)F)n4)c(OC)cc3n2)CC1. The number of hydrogen-bond donors (Lipinski definition) is 1. The van der Waals surface area contributed by atoms with E-state index in [-0.39, 0.29) is 0 Å². The summed E-state index contributed by atoms with van der Waals surface area (Å²) in [4.78, 5) is 19.4. The summed E-state index contributed by atoms with van der Waals surface area (Å²) < 4.78 is 46.0. The zero-order valence-electron chi connectivity index (χ0n) is 17.8. The van der Waals surface area contributed by atoms with Gasteiger partial charge in [0, 0.05) is 17.6 Å². The number of carbonyl (C=O) groups excluding carboxylic acids is 1. The third kappa shape index (κ3) is 4.53. The lowest BCUT2D eigenvalue weighted by atomic mass is 9.85. The first-order valence-electron chi connectivity index (χ1n) is 10.6. The number of aromatic nitrogens is 4. The highest BCUT2D eigenvalue weighted by atomic mass is 19.4. The molecule has 1 aliphatic carbocycles. The predicted molar refractivity (Wildman–Crippen MR) is 113 cm³/mol. The molecule has 7 nitrogen and oxygen atoms in total. The Morgan fingerprint density at radius 3 is 2.62 bits per heavy atom. The number of hydrogen-bond acceptors (Lipinski definition) is 5. The van der Waals surface area contributed by atoms with Crippen molar-refractivity contribution in [2.24, 2.45) is 5.92 Å². The molecule has 1 fully saturated rings. The van der Waals surface area contributed by atoms with Crippen LogP contribution < -0.4 is 10.1 Å². The van der Waals surface area contributed by atoms with E-state index in [0.717, 1.165) is 35.9 Å². The van der Waals surface area contributed by atoms with Crippen LogP contribution in [0.4, 0.5) is 18.9 Å². The fourth-order valence-electron chi connectivity index (χ4n) is 4.14. The van der Waals surface area contributed by atoms with E-state index in [2.05, 4.69) is 27.3 Å². The van der Waals surface area contributed by atoms with Crippen LogP contribution in [0.5, 0.6) is 5.75 Å². The summed E-state index contributed by atoms with van der Waals surface area (Å²) in [5, 5.41) is 8.07. The number of alkyl halides is 3. The number of nitrogens with zero attached hydrogens (tertiary/aromatic N) is 4. The second-order valence-electron chi connectivity index (χ2n) is 8.04. The molecule has 0 unspecified atom stereocenters. The topological polar surface area (TPSA) is 81.9 Å². The van der Waals surface area contributed by atoms with Gasteiger partial charge in [0.25, 0.3) is 5.91 Å². The van der Waals surface area contributed by atoms with Gasteiger partial charge in [-0.25, -0.2) is 4.98 Å². The van der Waals surface area contributed by atoms with Crippen LogP contribution in [0.3, 0.4) is 0 Å². The Morgan fingerprint density at radius 1 is 1.22 bits per heavy atom. The highest BCUT2D eigenvalue weighted by Crippen LogP contribution is 2.36. The van der Waals surface area contributed by atoms with Crippen molar-refractivity contribution < 1.29 is 22.7 Å². The van der Waals surface area contributed by atoms with Gasteiger partial charge in [0.15, 0.2) is 5.69 Å². The summed E-state index contributed by atoms with van der Waals surface area (Å²) in [7, 11) is 1.45. The quantitative estimate of drug-likeness (QED) is 0.578. The smallest absolute Gasteiger partial charge is 0.434 e. The number of amides is 1. The molecule has 10 heteroatoms. The highest BCUT2D eigenvalue weighted by Gasteiger charge is 2.33. The molecule has 0 atom stereocenters. The maximum absolute atomic E-state index is 12.9. The fourth-order valence-corrected chi connectivity index (χ4v) is 4.14. The van der Waals surface area contributed by atoms with Crippen molar-refractivity contribution in [2.45, 2.75) is 51.2 Å². The molecule has 1 N–H and O–H groups in total. The number of anilines is 1. The van der Waals surface area contributed by atoms with Crippen LogP contribution in [0.1, 0.15) is 61.3 Å². The monoisotopic (exact) mass is 447 g/mol. The highest BCUT2D eigenvalue weighted by molar-refractivity contribution is 6.04.